The van der Waals surface area contributed by atoms with Crippen molar-refractivity contribution >= 4 is 5.91 Å². The number of aliphatic hydroxyl groups excluding tert-OH is 1. The van der Waals surface area contributed by atoms with Crippen LogP contribution in [0.25, 0.3) is 0 Å². The molecule has 0 aliphatic carbocycles. The minimum atomic E-state index is -1.13. The van der Waals surface area contributed by atoms with Crippen molar-refractivity contribution in [2.75, 3.05) is 6.54 Å². The first kappa shape index (κ1) is 16.8. The molecule has 2 aromatic rings. The Morgan fingerprint density at radius 2 is 1.83 bits per heavy atom. The van der Waals surface area contributed by atoms with Gasteiger partial charge in [-0.25, -0.2) is 13.2 Å². The fraction of sp³-hybridized carbons (Fsp3) is 0.188. The first-order valence-corrected chi connectivity index (χ1v) is 6.75. The summed E-state index contributed by atoms with van der Waals surface area (Å²) >= 11 is 0. The van der Waals surface area contributed by atoms with Gasteiger partial charge in [0.05, 0.1) is 11.7 Å². The summed E-state index contributed by atoms with van der Waals surface area (Å²) in [5.74, 6) is -3.51. The van der Waals surface area contributed by atoms with E-state index >= 15 is 0 Å². The molecule has 3 N–H and O–H groups in total. The molecular formula is C16H14F3NO3. The summed E-state index contributed by atoms with van der Waals surface area (Å²) in [6.45, 7) is -0.240. The lowest BCUT2D eigenvalue weighted by Gasteiger charge is -2.13. The highest BCUT2D eigenvalue weighted by atomic mass is 19.1. The zero-order chi connectivity index (χ0) is 17.0. The van der Waals surface area contributed by atoms with E-state index in [2.05, 4.69) is 5.32 Å². The van der Waals surface area contributed by atoms with E-state index in [9.17, 15) is 23.1 Å². The first-order valence-electron chi connectivity index (χ1n) is 6.75. The molecule has 2 aromatic carbocycles. The number of halogens is 3. The molecule has 4 nitrogen and oxygen atoms in total. The Labute approximate surface area is 130 Å². The standard InChI is InChI=1S/C16H14F3NO3/c17-10-2-1-9(14(18)6-10)5-12(22)8-20-16(23)13-4-3-11(21)7-15(13)19/h1-4,6-7,12,21-22H,5,8H2,(H,20,23). The predicted molar refractivity (Wildman–Crippen MR) is 76.5 cm³/mol. The number of carbonyl (C=O) groups excluding carboxylic acids is 1. The van der Waals surface area contributed by atoms with E-state index in [1.165, 1.54) is 6.07 Å². The molecule has 7 heteroatoms. The van der Waals surface area contributed by atoms with E-state index < -0.39 is 29.5 Å². The summed E-state index contributed by atoms with van der Waals surface area (Å²) in [6.07, 6.45) is -1.26. The Hall–Kier alpha value is -2.54. The van der Waals surface area contributed by atoms with Gasteiger partial charge in [0.25, 0.3) is 5.91 Å². The Balaban J connectivity index is 1.93. The van der Waals surface area contributed by atoms with Crippen LogP contribution in [0, 0.1) is 17.5 Å². The van der Waals surface area contributed by atoms with Crippen molar-refractivity contribution in [1.29, 1.82) is 0 Å². The van der Waals surface area contributed by atoms with Gasteiger partial charge < -0.3 is 15.5 Å². The van der Waals surface area contributed by atoms with Gasteiger partial charge in [0.15, 0.2) is 0 Å². The van der Waals surface area contributed by atoms with Crippen LogP contribution in [0.3, 0.4) is 0 Å². The van der Waals surface area contributed by atoms with Gasteiger partial charge in [0.2, 0.25) is 0 Å². The summed E-state index contributed by atoms with van der Waals surface area (Å²) in [4.78, 5) is 11.8. The summed E-state index contributed by atoms with van der Waals surface area (Å²) in [7, 11) is 0. The molecule has 1 amide bonds. The zero-order valence-electron chi connectivity index (χ0n) is 11.9. The smallest absolute Gasteiger partial charge is 0.254 e. The number of nitrogens with one attached hydrogen (secondary N) is 1. The molecule has 122 valence electrons. The maximum absolute atomic E-state index is 13.5. The van der Waals surface area contributed by atoms with E-state index in [0.717, 1.165) is 24.3 Å². The quantitative estimate of drug-likeness (QED) is 0.789. The van der Waals surface area contributed by atoms with Crippen molar-refractivity contribution in [3.05, 3.63) is 65.0 Å². The Morgan fingerprint density at radius 1 is 1.09 bits per heavy atom. The number of amides is 1. The molecule has 0 radical (unpaired) electrons. The van der Waals surface area contributed by atoms with Crippen LogP contribution in [0.5, 0.6) is 5.75 Å². The number of phenolic OH excluding ortho intramolecular Hbond substituents is 1. The molecule has 2 rings (SSSR count). The van der Waals surface area contributed by atoms with Crippen molar-refractivity contribution in [3.63, 3.8) is 0 Å². The molecule has 0 aliphatic heterocycles. The van der Waals surface area contributed by atoms with Gasteiger partial charge in [-0.2, -0.15) is 0 Å². The minimum absolute atomic E-state index is 0.101. The largest absolute Gasteiger partial charge is 0.508 e. The highest BCUT2D eigenvalue weighted by molar-refractivity contribution is 5.94. The number of phenols is 1. The summed E-state index contributed by atoms with van der Waals surface area (Å²) in [5.41, 5.74) is -0.188. The molecule has 1 atom stereocenters. The minimum Gasteiger partial charge on any atom is -0.508 e. The first-order chi connectivity index (χ1) is 10.9. The molecule has 0 aliphatic rings. The highest BCUT2D eigenvalue weighted by Gasteiger charge is 2.15. The van der Waals surface area contributed by atoms with Crippen LogP contribution in [0.15, 0.2) is 36.4 Å². The monoisotopic (exact) mass is 325 g/mol. The maximum Gasteiger partial charge on any atom is 0.254 e. The summed E-state index contributed by atoms with van der Waals surface area (Å²) in [5, 5.41) is 21.2. The molecule has 0 heterocycles. The second-order valence-electron chi connectivity index (χ2n) is 4.97. The Bertz CT molecular complexity index is 722. The fourth-order valence-electron chi connectivity index (χ4n) is 2.01. The third kappa shape index (κ3) is 4.46. The molecule has 0 bridgehead atoms. The van der Waals surface area contributed by atoms with Crippen molar-refractivity contribution in [1.82, 2.24) is 5.32 Å². The number of aromatic hydroxyl groups is 1. The summed E-state index contributed by atoms with van der Waals surface area (Å²) in [6, 6.07) is 6.02. The van der Waals surface area contributed by atoms with E-state index in [-0.39, 0.29) is 29.8 Å². The number of aliphatic hydroxyl groups is 1. The second-order valence-corrected chi connectivity index (χ2v) is 4.97. The molecule has 0 aromatic heterocycles. The third-order valence-corrected chi connectivity index (χ3v) is 3.17. The molecule has 1 unspecified atom stereocenters. The van der Waals surface area contributed by atoms with Gasteiger partial charge in [-0.3, -0.25) is 4.79 Å². The molecule has 0 saturated carbocycles. The lowest BCUT2D eigenvalue weighted by atomic mass is 10.1. The van der Waals surface area contributed by atoms with Crippen LogP contribution >= 0.6 is 0 Å². The van der Waals surface area contributed by atoms with E-state index in [1.54, 1.807) is 0 Å². The average Bonchev–Trinajstić information content (AvgIpc) is 2.48. The Kier molecular flexibility index (Phi) is 5.23. The zero-order valence-corrected chi connectivity index (χ0v) is 11.9. The van der Waals surface area contributed by atoms with Crippen molar-refractivity contribution in [3.8, 4) is 5.75 Å². The number of hydrogen-bond acceptors (Lipinski definition) is 3. The van der Waals surface area contributed by atoms with Gasteiger partial charge in [-0.05, 0) is 23.8 Å². The molecular weight excluding hydrogens is 311 g/mol. The number of rotatable bonds is 5. The van der Waals surface area contributed by atoms with Crippen LogP contribution in [0.2, 0.25) is 0 Å². The summed E-state index contributed by atoms with van der Waals surface area (Å²) < 4.78 is 39.7. The SMILES string of the molecule is O=C(NCC(O)Cc1ccc(F)cc1F)c1ccc(O)cc1F. The number of benzene rings is 2. The fourth-order valence-corrected chi connectivity index (χ4v) is 2.01. The molecule has 0 spiro atoms. The van der Waals surface area contributed by atoms with Gasteiger partial charge in [-0.15, -0.1) is 0 Å². The van der Waals surface area contributed by atoms with Crippen LogP contribution < -0.4 is 5.32 Å². The van der Waals surface area contributed by atoms with E-state index in [1.807, 2.05) is 0 Å². The molecule has 0 fully saturated rings. The lowest BCUT2D eigenvalue weighted by molar-refractivity contribution is 0.0911. The number of hydrogen-bond donors (Lipinski definition) is 3. The Morgan fingerprint density at radius 3 is 2.48 bits per heavy atom. The van der Waals surface area contributed by atoms with Crippen LogP contribution in [0.1, 0.15) is 15.9 Å². The second kappa shape index (κ2) is 7.15. The van der Waals surface area contributed by atoms with Crippen molar-refractivity contribution in [2.24, 2.45) is 0 Å². The highest BCUT2D eigenvalue weighted by Crippen LogP contribution is 2.15. The van der Waals surface area contributed by atoms with Gasteiger partial charge >= 0.3 is 0 Å². The van der Waals surface area contributed by atoms with E-state index in [0.29, 0.717) is 6.07 Å². The third-order valence-electron chi connectivity index (χ3n) is 3.17. The van der Waals surface area contributed by atoms with Crippen LogP contribution in [-0.4, -0.2) is 28.8 Å². The number of carbonyl (C=O) groups is 1. The molecule has 0 saturated heterocycles. The maximum atomic E-state index is 13.5. The normalized spacial score (nSPS) is 12.0. The lowest BCUT2D eigenvalue weighted by Crippen LogP contribution is -2.33. The predicted octanol–water partition coefficient (Wildman–Crippen LogP) is 2.14. The average molecular weight is 325 g/mol. The van der Waals surface area contributed by atoms with Crippen molar-refractivity contribution < 1.29 is 28.2 Å². The van der Waals surface area contributed by atoms with Crippen LogP contribution in [-0.2, 0) is 6.42 Å². The molecule has 23 heavy (non-hydrogen) atoms. The van der Waals surface area contributed by atoms with Crippen molar-refractivity contribution in [2.45, 2.75) is 12.5 Å². The van der Waals surface area contributed by atoms with E-state index in [4.69, 9.17) is 5.11 Å². The van der Waals surface area contributed by atoms with Gasteiger partial charge in [-0.1, -0.05) is 6.07 Å². The topological polar surface area (TPSA) is 69.6 Å². The van der Waals surface area contributed by atoms with Gasteiger partial charge in [0, 0.05) is 25.1 Å². The van der Waals surface area contributed by atoms with Crippen LogP contribution in [0.4, 0.5) is 13.2 Å². The van der Waals surface area contributed by atoms with Gasteiger partial charge in [0.1, 0.15) is 23.2 Å².